The number of nitrogens with zero attached hydrogens (tertiary/aromatic N) is 2. The molecule has 0 aliphatic rings. The average molecular weight is 324 g/mol. The number of hydrogen-bond acceptors (Lipinski definition) is 4. The minimum Gasteiger partial charge on any atom is -0.494 e. The van der Waals surface area contributed by atoms with E-state index in [0.717, 1.165) is 29.6 Å². The topological polar surface area (TPSA) is 53.4 Å². The second-order valence-electron chi connectivity index (χ2n) is 5.62. The van der Waals surface area contributed by atoms with Crippen LogP contribution in [-0.4, -0.2) is 22.1 Å². The highest BCUT2D eigenvalue weighted by Gasteiger charge is 2.10. The molecular weight excluding hydrogens is 304 g/mol. The summed E-state index contributed by atoms with van der Waals surface area (Å²) in [6.07, 6.45) is 3.83. The first-order chi connectivity index (χ1) is 11.7. The van der Waals surface area contributed by atoms with Crippen LogP contribution in [-0.2, 0) is 7.05 Å². The SMILES string of the molecule is CCCCOc1ccc(C(=O)Oc2ccc3c(c2)ncn3C)cc1. The van der Waals surface area contributed by atoms with Crippen LogP contribution >= 0.6 is 0 Å². The second kappa shape index (κ2) is 7.17. The Kier molecular flexibility index (Phi) is 4.79. The Hall–Kier alpha value is -2.82. The highest BCUT2D eigenvalue weighted by molar-refractivity contribution is 5.91. The van der Waals surface area contributed by atoms with Gasteiger partial charge in [-0.25, -0.2) is 9.78 Å². The molecule has 3 rings (SSSR count). The van der Waals surface area contributed by atoms with Crippen molar-refractivity contribution in [3.05, 3.63) is 54.4 Å². The monoisotopic (exact) mass is 324 g/mol. The highest BCUT2D eigenvalue weighted by Crippen LogP contribution is 2.21. The fourth-order valence-electron chi connectivity index (χ4n) is 2.37. The summed E-state index contributed by atoms with van der Waals surface area (Å²) in [5.74, 6) is 0.842. The summed E-state index contributed by atoms with van der Waals surface area (Å²) in [5.41, 5.74) is 2.27. The molecule has 0 unspecified atom stereocenters. The maximum atomic E-state index is 12.2. The maximum absolute atomic E-state index is 12.2. The molecule has 0 aliphatic heterocycles. The van der Waals surface area contributed by atoms with Gasteiger partial charge in [-0.05, 0) is 42.8 Å². The minimum absolute atomic E-state index is 0.398. The number of unbranched alkanes of at least 4 members (excludes halogenated alkanes) is 1. The molecule has 2 aromatic carbocycles. The number of carbonyl (C=O) groups excluding carboxylic acids is 1. The summed E-state index contributed by atoms with van der Waals surface area (Å²) in [7, 11) is 1.92. The number of fused-ring (bicyclic) bond motifs is 1. The number of aromatic nitrogens is 2. The van der Waals surface area contributed by atoms with Gasteiger partial charge in [0.25, 0.3) is 0 Å². The molecule has 0 bridgehead atoms. The molecule has 0 saturated carbocycles. The first kappa shape index (κ1) is 16.1. The van der Waals surface area contributed by atoms with E-state index in [2.05, 4.69) is 11.9 Å². The third-order valence-electron chi connectivity index (χ3n) is 3.76. The fourth-order valence-corrected chi connectivity index (χ4v) is 2.37. The number of benzene rings is 2. The first-order valence-corrected chi connectivity index (χ1v) is 8.03. The zero-order valence-electron chi connectivity index (χ0n) is 13.9. The number of hydrogen-bond donors (Lipinski definition) is 0. The van der Waals surface area contributed by atoms with E-state index in [1.807, 2.05) is 17.7 Å². The van der Waals surface area contributed by atoms with Crippen molar-refractivity contribution < 1.29 is 14.3 Å². The molecule has 0 saturated heterocycles. The van der Waals surface area contributed by atoms with Crippen LogP contribution in [0.5, 0.6) is 11.5 Å². The van der Waals surface area contributed by atoms with Crippen molar-refractivity contribution in [2.45, 2.75) is 19.8 Å². The predicted molar refractivity (Wildman–Crippen MR) is 92.5 cm³/mol. The fraction of sp³-hybridized carbons (Fsp3) is 0.263. The van der Waals surface area contributed by atoms with Crippen LogP contribution < -0.4 is 9.47 Å². The highest BCUT2D eigenvalue weighted by atomic mass is 16.5. The second-order valence-corrected chi connectivity index (χ2v) is 5.62. The number of aryl methyl sites for hydroxylation is 1. The van der Waals surface area contributed by atoms with E-state index in [9.17, 15) is 4.79 Å². The number of imidazole rings is 1. The molecule has 5 nitrogen and oxygen atoms in total. The van der Waals surface area contributed by atoms with Crippen LogP contribution in [0.2, 0.25) is 0 Å². The molecule has 124 valence electrons. The Morgan fingerprint density at radius 1 is 1.12 bits per heavy atom. The van der Waals surface area contributed by atoms with E-state index < -0.39 is 5.97 Å². The third kappa shape index (κ3) is 3.56. The smallest absolute Gasteiger partial charge is 0.343 e. The van der Waals surface area contributed by atoms with Crippen molar-refractivity contribution in [3.63, 3.8) is 0 Å². The number of esters is 1. The van der Waals surface area contributed by atoms with Crippen LogP contribution in [0, 0.1) is 0 Å². The van der Waals surface area contributed by atoms with Crippen molar-refractivity contribution in [2.75, 3.05) is 6.61 Å². The Labute approximate surface area is 140 Å². The average Bonchev–Trinajstić information content (AvgIpc) is 2.96. The van der Waals surface area contributed by atoms with Crippen LogP contribution in [0.25, 0.3) is 11.0 Å². The van der Waals surface area contributed by atoms with E-state index in [4.69, 9.17) is 9.47 Å². The number of carbonyl (C=O) groups is 1. The summed E-state index contributed by atoms with van der Waals surface area (Å²) in [5, 5.41) is 0. The van der Waals surface area contributed by atoms with Crippen molar-refractivity contribution >= 4 is 17.0 Å². The van der Waals surface area contributed by atoms with E-state index in [1.165, 1.54) is 0 Å². The standard InChI is InChI=1S/C19H20N2O3/c1-3-4-11-23-15-7-5-14(6-8-15)19(22)24-16-9-10-18-17(12-16)20-13-21(18)2/h5-10,12-13H,3-4,11H2,1-2H3. The lowest BCUT2D eigenvalue weighted by molar-refractivity contribution is 0.0735. The Bertz CT molecular complexity index is 837. The van der Waals surface area contributed by atoms with Crippen LogP contribution in [0.15, 0.2) is 48.8 Å². The van der Waals surface area contributed by atoms with E-state index in [1.54, 1.807) is 42.7 Å². The lowest BCUT2D eigenvalue weighted by atomic mass is 10.2. The van der Waals surface area contributed by atoms with Gasteiger partial charge in [-0.1, -0.05) is 13.3 Å². The van der Waals surface area contributed by atoms with Gasteiger partial charge in [-0.2, -0.15) is 0 Å². The zero-order valence-corrected chi connectivity index (χ0v) is 13.9. The number of ether oxygens (including phenoxy) is 2. The van der Waals surface area contributed by atoms with Crippen LogP contribution in [0.3, 0.4) is 0 Å². The normalized spacial score (nSPS) is 10.8. The van der Waals surface area contributed by atoms with Gasteiger partial charge >= 0.3 is 5.97 Å². The Balaban J connectivity index is 1.67. The molecule has 0 spiro atoms. The van der Waals surface area contributed by atoms with Gasteiger partial charge in [-0.15, -0.1) is 0 Å². The van der Waals surface area contributed by atoms with Gasteiger partial charge in [-0.3, -0.25) is 0 Å². The summed E-state index contributed by atoms with van der Waals surface area (Å²) < 4.78 is 12.9. The molecule has 0 fully saturated rings. The largest absolute Gasteiger partial charge is 0.494 e. The molecule has 0 aliphatic carbocycles. The Morgan fingerprint density at radius 2 is 1.88 bits per heavy atom. The van der Waals surface area contributed by atoms with Gasteiger partial charge in [0, 0.05) is 13.1 Å². The van der Waals surface area contributed by atoms with E-state index in [0.29, 0.717) is 17.9 Å². The molecule has 3 aromatic rings. The van der Waals surface area contributed by atoms with Gasteiger partial charge in [0.05, 0.1) is 29.5 Å². The summed E-state index contributed by atoms with van der Waals surface area (Å²) in [4.78, 5) is 16.5. The quantitative estimate of drug-likeness (QED) is 0.391. The number of rotatable bonds is 6. The molecule has 24 heavy (non-hydrogen) atoms. The molecular formula is C19H20N2O3. The molecule has 0 atom stereocenters. The third-order valence-corrected chi connectivity index (χ3v) is 3.76. The van der Waals surface area contributed by atoms with Crippen molar-refractivity contribution in [1.29, 1.82) is 0 Å². The van der Waals surface area contributed by atoms with Gasteiger partial charge in [0.1, 0.15) is 11.5 Å². The predicted octanol–water partition coefficient (Wildman–Crippen LogP) is 3.97. The van der Waals surface area contributed by atoms with Gasteiger partial charge < -0.3 is 14.0 Å². The first-order valence-electron chi connectivity index (χ1n) is 8.03. The van der Waals surface area contributed by atoms with Crippen LogP contribution in [0.4, 0.5) is 0 Å². The summed E-state index contributed by atoms with van der Waals surface area (Å²) >= 11 is 0. The Morgan fingerprint density at radius 3 is 2.62 bits per heavy atom. The molecule has 1 heterocycles. The lowest BCUT2D eigenvalue weighted by Crippen LogP contribution is -2.08. The molecule has 0 amide bonds. The van der Waals surface area contributed by atoms with E-state index >= 15 is 0 Å². The van der Waals surface area contributed by atoms with Crippen LogP contribution in [0.1, 0.15) is 30.1 Å². The zero-order chi connectivity index (χ0) is 16.9. The summed E-state index contributed by atoms with van der Waals surface area (Å²) in [6, 6.07) is 12.4. The molecule has 5 heteroatoms. The van der Waals surface area contributed by atoms with Crippen molar-refractivity contribution in [3.8, 4) is 11.5 Å². The lowest BCUT2D eigenvalue weighted by Gasteiger charge is -2.07. The van der Waals surface area contributed by atoms with Crippen molar-refractivity contribution in [2.24, 2.45) is 7.05 Å². The minimum atomic E-state index is -0.398. The van der Waals surface area contributed by atoms with E-state index in [-0.39, 0.29) is 0 Å². The summed E-state index contributed by atoms with van der Waals surface area (Å²) in [6.45, 7) is 2.80. The van der Waals surface area contributed by atoms with Gasteiger partial charge in [0.15, 0.2) is 0 Å². The molecule has 1 aromatic heterocycles. The molecule has 0 radical (unpaired) electrons. The van der Waals surface area contributed by atoms with Gasteiger partial charge in [0.2, 0.25) is 0 Å². The molecule has 0 N–H and O–H groups in total. The van der Waals surface area contributed by atoms with Crippen molar-refractivity contribution in [1.82, 2.24) is 9.55 Å². The maximum Gasteiger partial charge on any atom is 0.343 e.